The number of aromatic nitrogens is 1. The van der Waals surface area contributed by atoms with Crippen molar-refractivity contribution in [1.82, 2.24) is 14.8 Å². The zero-order valence-electron chi connectivity index (χ0n) is 13.3. The SMILES string of the molecule is CCC1CN(C(=O)c2cc(Cl)nc(C(C)C)c2)CCN1C. The van der Waals surface area contributed by atoms with E-state index in [-0.39, 0.29) is 11.8 Å². The van der Waals surface area contributed by atoms with Gasteiger partial charge in [-0.15, -0.1) is 0 Å². The van der Waals surface area contributed by atoms with Gasteiger partial charge in [-0.05, 0) is 31.5 Å². The van der Waals surface area contributed by atoms with Gasteiger partial charge in [-0.3, -0.25) is 9.69 Å². The minimum Gasteiger partial charge on any atom is -0.336 e. The maximum atomic E-state index is 12.7. The Morgan fingerprint density at radius 1 is 1.43 bits per heavy atom. The number of carbonyl (C=O) groups is 1. The third-order valence-electron chi connectivity index (χ3n) is 4.19. The number of nitrogens with zero attached hydrogens (tertiary/aromatic N) is 3. The highest BCUT2D eigenvalue weighted by atomic mass is 35.5. The zero-order chi connectivity index (χ0) is 15.6. The molecule has 2 rings (SSSR count). The van der Waals surface area contributed by atoms with Crippen LogP contribution in [0, 0.1) is 0 Å². The van der Waals surface area contributed by atoms with Crippen molar-refractivity contribution in [3.63, 3.8) is 0 Å². The van der Waals surface area contributed by atoms with Crippen molar-refractivity contribution in [2.24, 2.45) is 0 Å². The largest absolute Gasteiger partial charge is 0.336 e. The summed E-state index contributed by atoms with van der Waals surface area (Å²) >= 11 is 6.07. The number of likely N-dealkylation sites (N-methyl/N-ethyl adjacent to an activating group) is 1. The van der Waals surface area contributed by atoms with Crippen LogP contribution in [0.1, 0.15) is 49.2 Å². The van der Waals surface area contributed by atoms with Gasteiger partial charge in [0.05, 0.1) is 0 Å². The molecule has 21 heavy (non-hydrogen) atoms. The summed E-state index contributed by atoms with van der Waals surface area (Å²) in [4.78, 5) is 21.3. The smallest absolute Gasteiger partial charge is 0.254 e. The second kappa shape index (κ2) is 6.75. The van der Waals surface area contributed by atoms with Crippen LogP contribution in [0.2, 0.25) is 5.15 Å². The molecule has 1 unspecified atom stereocenters. The van der Waals surface area contributed by atoms with E-state index in [0.29, 0.717) is 16.8 Å². The monoisotopic (exact) mass is 309 g/mol. The molecule has 0 spiro atoms. The standard InChI is InChI=1S/C16H24ClN3O/c1-5-13-10-20(7-6-19(13)4)16(21)12-8-14(11(2)3)18-15(17)9-12/h8-9,11,13H,5-7,10H2,1-4H3. The molecule has 1 aliphatic heterocycles. The topological polar surface area (TPSA) is 36.4 Å². The molecule has 116 valence electrons. The number of halogens is 1. The lowest BCUT2D eigenvalue weighted by atomic mass is 10.1. The second-order valence-electron chi connectivity index (χ2n) is 6.05. The van der Waals surface area contributed by atoms with Gasteiger partial charge in [0.15, 0.2) is 0 Å². The summed E-state index contributed by atoms with van der Waals surface area (Å²) in [6.45, 7) is 8.73. The zero-order valence-corrected chi connectivity index (χ0v) is 14.0. The Morgan fingerprint density at radius 3 is 2.76 bits per heavy atom. The Morgan fingerprint density at radius 2 is 2.14 bits per heavy atom. The molecule has 1 aromatic rings. The molecule has 4 nitrogen and oxygen atoms in total. The molecule has 1 aliphatic rings. The summed E-state index contributed by atoms with van der Waals surface area (Å²) in [6, 6.07) is 3.98. The van der Waals surface area contributed by atoms with Crippen LogP contribution in [-0.2, 0) is 0 Å². The summed E-state index contributed by atoms with van der Waals surface area (Å²) < 4.78 is 0. The number of pyridine rings is 1. The van der Waals surface area contributed by atoms with Crippen LogP contribution in [-0.4, -0.2) is 53.4 Å². The van der Waals surface area contributed by atoms with Crippen LogP contribution < -0.4 is 0 Å². The molecule has 0 bridgehead atoms. The van der Waals surface area contributed by atoms with E-state index in [4.69, 9.17) is 11.6 Å². The Bertz CT molecular complexity index is 518. The second-order valence-corrected chi connectivity index (χ2v) is 6.44. The highest BCUT2D eigenvalue weighted by Crippen LogP contribution is 2.20. The van der Waals surface area contributed by atoms with Gasteiger partial charge in [0, 0.05) is 36.9 Å². The molecule has 1 amide bonds. The lowest BCUT2D eigenvalue weighted by molar-refractivity contribution is 0.0541. The molecule has 2 heterocycles. The van der Waals surface area contributed by atoms with Crippen molar-refractivity contribution in [3.8, 4) is 0 Å². The van der Waals surface area contributed by atoms with Crippen molar-refractivity contribution in [2.75, 3.05) is 26.7 Å². The van der Waals surface area contributed by atoms with Gasteiger partial charge in [0.1, 0.15) is 5.15 Å². The van der Waals surface area contributed by atoms with Crippen molar-refractivity contribution in [3.05, 3.63) is 28.5 Å². The molecule has 5 heteroatoms. The van der Waals surface area contributed by atoms with E-state index >= 15 is 0 Å². The highest BCUT2D eigenvalue weighted by Gasteiger charge is 2.27. The lowest BCUT2D eigenvalue weighted by Crippen LogP contribution is -2.53. The minimum absolute atomic E-state index is 0.0627. The fourth-order valence-corrected chi connectivity index (χ4v) is 2.91. The Labute approximate surface area is 132 Å². The summed E-state index contributed by atoms with van der Waals surface area (Å²) in [7, 11) is 2.12. The maximum absolute atomic E-state index is 12.7. The predicted molar refractivity (Wildman–Crippen MR) is 85.9 cm³/mol. The van der Waals surface area contributed by atoms with Crippen molar-refractivity contribution in [1.29, 1.82) is 0 Å². The highest BCUT2D eigenvalue weighted by molar-refractivity contribution is 6.29. The fraction of sp³-hybridized carbons (Fsp3) is 0.625. The summed E-state index contributed by atoms with van der Waals surface area (Å²) in [5.41, 5.74) is 1.52. The molecule has 0 saturated carbocycles. The third-order valence-corrected chi connectivity index (χ3v) is 4.38. The first-order chi connectivity index (χ1) is 9.92. The fourth-order valence-electron chi connectivity index (χ4n) is 2.69. The molecular formula is C16H24ClN3O. The minimum atomic E-state index is 0.0627. The van der Waals surface area contributed by atoms with E-state index in [1.165, 1.54) is 0 Å². The van der Waals surface area contributed by atoms with Crippen LogP contribution >= 0.6 is 11.6 Å². The van der Waals surface area contributed by atoms with Gasteiger partial charge in [-0.2, -0.15) is 0 Å². The molecular weight excluding hydrogens is 286 g/mol. The number of hydrogen-bond donors (Lipinski definition) is 0. The van der Waals surface area contributed by atoms with Crippen LogP contribution in [0.15, 0.2) is 12.1 Å². The van der Waals surface area contributed by atoms with Crippen molar-refractivity contribution < 1.29 is 4.79 Å². The third kappa shape index (κ3) is 3.74. The number of carbonyl (C=O) groups excluding carboxylic acids is 1. The van der Waals surface area contributed by atoms with Gasteiger partial charge < -0.3 is 4.90 Å². The van der Waals surface area contributed by atoms with Gasteiger partial charge in [0.2, 0.25) is 0 Å². The summed E-state index contributed by atoms with van der Waals surface area (Å²) in [6.07, 6.45) is 1.05. The Balaban J connectivity index is 2.20. The van der Waals surface area contributed by atoms with E-state index in [0.717, 1.165) is 31.7 Å². The molecule has 0 N–H and O–H groups in total. The molecule has 1 saturated heterocycles. The van der Waals surface area contributed by atoms with Gasteiger partial charge >= 0.3 is 0 Å². The number of hydrogen-bond acceptors (Lipinski definition) is 3. The quantitative estimate of drug-likeness (QED) is 0.805. The van der Waals surface area contributed by atoms with Crippen LogP contribution in [0.5, 0.6) is 0 Å². The van der Waals surface area contributed by atoms with Gasteiger partial charge in [0.25, 0.3) is 5.91 Å². The number of amides is 1. The van der Waals surface area contributed by atoms with Crippen molar-refractivity contribution in [2.45, 2.75) is 39.2 Å². The molecule has 0 aromatic carbocycles. The molecule has 1 fully saturated rings. The number of rotatable bonds is 3. The first kappa shape index (κ1) is 16.2. The van der Waals surface area contributed by atoms with E-state index in [1.807, 2.05) is 11.0 Å². The Kier molecular flexibility index (Phi) is 5.22. The van der Waals surface area contributed by atoms with Gasteiger partial charge in [-0.25, -0.2) is 4.98 Å². The average Bonchev–Trinajstić information content (AvgIpc) is 2.46. The van der Waals surface area contributed by atoms with Crippen LogP contribution in [0.3, 0.4) is 0 Å². The molecule has 1 aromatic heterocycles. The lowest BCUT2D eigenvalue weighted by Gasteiger charge is -2.39. The van der Waals surface area contributed by atoms with E-state index in [9.17, 15) is 4.79 Å². The first-order valence-corrected chi connectivity index (χ1v) is 7.97. The summed E-state index contributed by atoms with van der Waals surface area (Å²) in [5.74, 6) is 0.318. The first-order valence-electron chi connectivity index (χ1n) is 7.59. The predicted octanol–water partition coefficient (Wildman–Crippen LogP) is 3.02. The molecule has 0 radical (unpaired) electrons. The van der Waals surface area contributed by atoms with E-state index in [2.05, 4.69) is 37.7 Å². The van der Waals surface area contributed by atoms with Gasteiger partial charge in [-0.1, -0.05) is 32.4 Å². The Hall–Kier alpha value is -1.13. The number of piperazine rings is 1. The van der Waals surface area contributed by atoms with Crippen LogP contribution in [0.25, 0.3) is 0 Å². The van der Waals surface area contributed by atoms with Crippen LogP contribution in [0.4, 0.5) is 0 Å². The molecule has 0 aliphatic carbocycles. The normalized spacial score (nSPS) is 20.1. The average molecular weight is 310 g/mol. The van der Waals surface area contributed by atoms with E-state index in [1.54, 1.807) is 6.07 Å². The van der Waals surface area contributed by atoms with E-state index < -0.39 is 0 Å². The summed E-state index contributed by atoms with van der Waals surface area (Å²) in [5, 5.41) is 0.394. The molecule has 1 atom stereocenters. The van der Waals surface area contributed by atoms with Crippen molar-refractivity contribution >= 4 is 17.5 Å². The maximum Gasteiger partial charge on any atom is 0.254 e.